The van der Waals surface area contributed by atoms with Crippen LogP contribution in [0.15, 0.2) is 0 Å². The molecule has 0 aliphatic carbocycles. The van der Waals surface area contributed by atoms with E-state index in [4.69, 9.17) is 9.84 Å². The molecule has 0 aromatic heterocycles. The lowest BCUT2D eigenvalue weighted by Gasteiger charge is -2.22. The fraction of sp³-hybridized carbons (Fsp3) is 0.923. The van der Waals surface area contributed by atoms with Gasteiger partial charge in [0, 0.05) is 19.2 Å². The Kier molecular flexibility index (Phi) is 6.52. The lowest BCUT2D eigenvalue weighted by Crippen LogP contribution is -2.34. The van der Waals surface area contributed by atoms with Gasteiger partial charge in [0.15, 0.2) is 0 Å². The average Bonchev–Trinajstić information content (AvgIpc) is 2.64. The Morgan fingerprint density at radius 1 is 1.47 bits per heavy atom. The van der Waals surface area contributed by atoms with E-state index in [1.807, 2.05) is 0 Å². The van der Waals surface area contributed by atoms with Gasteiger partial charge >= 0.3 is 5.97 Å². The Hall–Kier alpha value is -0.610. The third kappa shape index (κ3) is 6.03. The molecule has 0 radical (unpaired) electrons. The minimum atomic E-state index is -0.692. The van der Waals surface area contributed by atoms with Crippen molar-refractivity contribution in [3.05, 3.63) is 0 Å². The fourth-order valence-electron chi connectivity index (χ4n) is 2.23. The third-order valence-corrected chi connectivity index (χ3v) is 3.27. The van der Waals surface area contributed by atoms with Crippen LogP contribution >= 0.6 is 0 Å². The van der Waals surface area contributed by atoms with Crippen molar-refractivity contribution in [3.63, 3.8) is 0 Å². The van der Waals surface area contributed by atoms with Gasteiger partial charge in [-0.1, -0.05) is 13.8 Å². The summed E-state index contributed by atoms with van der Waals surface area (Å²) in [5.74, 6) is -0.0100. The molecule has 1 N–H and O–H groups in total. The van der Waals surface area contributed by atoms with Gasteiger partial charge in [0.1, 0.15) is 0 Å². The molecule has 1 unspecified atom stereocenters. The number of hydrogen-bond donors (Lipinski definition) is 1. The van der Waals surface area contributed by atoms with Gasteiger partial charge in [-0.15, -0.1) is 0 Å². The van der Waals surface area contributed by atoms with Crippen LogP contribution in [0.1, 0.15) is 39.5 Å². The molecule has 4 heteroatoms. The molecule has 1 fully saturated rings. The molecule has 0 aromatic carbocycles. The minimum Gasteiger partial charge on any atom is -0.481 e. The Morgan fingerprint density at radius 2 is 2.24 bits per heavy atom. The molecule has 1 heterocycles. The monoisotopic (exact) mass is 243 g/mol. The van der Waals surface area contributed by atoms with Crippen molar-refractivity contribution in [2.24, 2.45) is 5.92 Å². The molecular formula is C13H25NO3. The van der Waals surface area contributed by atoms with Crippen LogP contribution in [0.2, 0.25) is 0 Å². The largest absolute Gasteiger partial charge is 0.481 e. The standard InChI is InChI=1S/C13H25NO3/c1-11(2)5-8-17-9-7-14-6-3-4-12(14)10-13(15)16/h11-12H,3-10H2,1-2H3,(H,15,16). The number of carboxylic acids is 1. The first kappa shape index (κ1) is 14.5. The van der Waals surface area contributed by atoms with Crippen LogP contribution in [-0.2, 0) is 9.53 Å². The SMILES string of the molecule is CC(C)CCOCCN1CCCC1CC(=O)O. The zero-order valence-corrected chi connectivity index (χ0v) is 11.0. The van der Waals surface area contributed by atoms with Gasteiger partial charge in [0.25, 0.3) is 0 Å². The lowest BCUT2D eigenvalue weighted by atomic mass is 10.1. The van der Waals surface area contributed by atoms with Crippen LogP contribution in [0.25, 0.3) is 0 Å². The lowest BCUT2D eigenvalue weighted by molar-refractivity contribution is -0.138. The highest BCUT2D eigenvalue weighted by molar-refractivity contribution is 5.67. The van der Waals surface area contributed by atoms with Gasteiger partial charge in [-0.25, -0.2) is 0 Å². The van der Waals surface area contributed by atoms with Gasteiger partial charge in [0.2, 0.25) is 0 Å². The fourth-order valence-corrected chi connectivity index (χ4v) is 2.23. The number of likely N-dealkylation sites (tertiary alicyclic amines) is 1. The molecular weight excluding hydrogens is 218 g/mol. The Morgan fingerprint density at radius 3 is 2.88 bits per heavy atom. The summed E-state index contributed by atoms with van der Waals surface area (Å²) in [5.41, 5.74) is 0. The number of ether oxygens (including phenoxy) is 1. The highest BCUT2D eigenvalue weighted by atomic mass is 16.5. The summed E-state index contributed by atoms with van der Waals surface area (Å²) in [4.78, 5) is 12.9. The molecule has 17 heavy (non-hydrogen) atoms. The predicted molar refractivity (Wildman–Crippen MR) is 67.1 cm³/mol. The zero-order chi connectivity index (χ0) is 12.7. The second-order valence-electron chi connectivity index (χ2n) is 5.22. The normalized spacial score (nSPS) is 21.2. The third-order valence-electron chi connectivity index (χ3n) is 3.27. The molecule has 1 aliphatic rings. The first-order valence-electron chi connectivity index (χ1n) is 6.63. The number of rotatable bonds is 8. The van der Waals surface area contributed by atoms with E-state index in [1.54, 1.807) is 0 Å². The van der Waals surface area contributed by atoms with Crippen LogP contribution in [0.4, 0.5) is 0 Å². The number of carboxylic acid groups (broad SMARTS) is 1. The van der Waals surface area contributed by atoms with Crippen molar-refractivity contribution in [2.45, 2.75) is 45.6 Å². The van der Waals surface area contributed by atoms with Gasteiger partial charge in [-0.05, 0) is 31.7 Å². The predicted octanol–water partition coefficient (Wildman–Crippen LogP) is 1.99. The van der Waals surface area contributed by atoms with E-state index in [-0.39, 0.29) is 12.5 Å². The van der Waals surface area contributed by atoms with E-state index >= 15 is 0 Å². The smallest absolute Gasteiger partial charge is 0.304 e. The van der Waals surface area contributed by atoms with Crippen molar-refractivity contribution in [1.82, 2.24) is 4.90 Å². The quantitative estimate of drug-likeness (QED) is 0.662. The molecule has 1 saturated heterocycles. The summed E-state index contributed by atoms with van der Waals surface area (Å²) >= 11 is 0. The van der Waals surface area contributed by atoms with Crippen molar-refractivity contribution in [2.75, 3.05) is 26.3 Å². The minimum absolute atomic E-state index is 0.223. The summed E-state index contributed by atoms with van der Waals surface area (Å²) in [6, 6.07) is 0.223. The number of hydrogen-bond acceptors (Lipinski definition) is 3. The van der Waals surface area contributed by atoms with Crippen LogP contribution in [0.3, 0.4) is 0 Å². The zero-order valence-electron chi connectivity index (χ0n) is 11.0. The molecule has 1 aliphatic heterocycles. The Labute approximate surface area is 104 Å². The maximum Gasteiger partial charge on any atom is 0.304 e. The molecule has 0 aromatic rings. The highest BCUT2D eigenvalue weighted by Crippen LogP contribution is 2.19. The first-order valence-corrected chi connectivity index (χ1v) is 6.63. The molecule has 0 amide bonds. The number of nitrogens with zero attached hydrogens (tertiary/aromatic N) is 1. The molecule has 0 bridgehead atoms. The van der Waals surface area contributed by atoms with Crippen molar-refractivity contribution in [1.29, 1.82) is 0 Å². The summed E-state index contributed by atoms with van der Waals surface area (Å²) in [7, 11) is 0. The van der Waals surface area contributed by atoms with E-state index in [0.717, 1.165) is 45.6 Å². The molecule has 0 spiro atoms. The molecule has 100 valence electrons. The van der Waals surface area contributed by atoms with Crippen LogP contribution in [-0.4, -0.2) is 48.3 Å². The molecule has 4 nitrogen and oxygen atoms in total. The van der Waals surface area contributed by atoms with Crippen LogP contribution < -0.4 is 0 Å². The van der Waals surface area contributed by atoms with E-state index in [9.17, 15) is 4.79 Å². The molecule has 0 saturated carbocycles. The van der Waals surface area contributed by atoms with Gasteiger partial charge in [-0.3, -0.25) is 9.69 Å². The summed E-state index contributed by atoms with van der Waals surface area (Å²) in [6.45, 7) is 7.80. The molecule has 1 atom stereocenters. The van der Waals surface area contributed by atoms with E-state index in [0.29, 0.717) is 5.92 Å². The maximum absolute atomic E-state index is 10.7. The summed E-state index contributed by atoms with van der Waals surface area (Å²) in [5, 5.41) is 8.80. The highest BCUT2D eigenvalue weighted by Gasteiger charge is 2.25. The van der Waals surface area contributed by atoms with Gasteiger partial charge < -0.3 is 9.84 Å². The van der Waals surface area contributed by atoms with Gasteiger partial charge in [0.05, 0.1) is 13.0 Å². The first-order chi connectivity index (χ1) is 8.09. The van der Waals surface area contributed by atoms with Gasteiger partial charge in [-0.2, -0.15) is 0 Å². The van der Waals surface area contributed by atoms with Crippen LogP contribution in [0, 0.1) is 5.92 Å². The van der Waals surface area contributed by atoms with Crippen molar-refractivity contribution in [3.8, 4) is 0 Å². The summed E-state index contributed by atoms with van der Waals surface area (Å²) in [6.07, 6.45) is 3.49. The number of aliphatic carboxylic acids is 1. The van der Waals surface area contributed by atoms with Crippen molar-refractivity contribution >= 4 is 5.97 Å². The summed E-state index contributed by atoms with van der Waals surface area (Å²) < 4.78 is 5.57. The van der Waals surface area contributed by atoms with E-state index < -0.39 is 5.97 Å². The van der Waals surface area contributed by atoms with E-state index in [2.05, 4.69) is 18.7 Å². The second kappa shape index (κ2) is 7.67. The Balaban J connectivity index is 2.11. The second-order valence-corrected chi connectivity index (χ2v) is 5.22. The maximum atomic E-state index is 10.7. The van der Waals surface area contributed by atoms with Crippen LogP contribution in [0.5, 0.6) is 0 Å². The Bertz CT molecular complexity index is 231. The van der Waals surface area contributed by atoms with Crippen molar-refractivity contribution < 1.29 is 14.6 Å². The molecule has 1 rings (SSSR count). The average molecular weight is 243 g/mol. The van der Waals surface area contributed by atoms with E-state index in [1.165, 1.54) is 0 Å². The number of carbonyl (C=O) groups is 1. The topological polar surface area (TPSA) is 49.8 Å².